The van der Waals surface area contributed by atoms with Gasteiger partial charge in [0.15, 0.2) is 17.3 Å². The smallest absolute Gasteiger partial charge is 0.248 e. The number of nitrogens with zero attached hydrogens (tertiary/aromatic N) is 4. The van der Waals surface area contributed by atoms with Gasteiger partial charge in [-0.05, 0) is 13.0 Å². The summed E-state index contributed by atoms with van der Waals surface area (Å²) in [4.78, 5) is 7.90. The maximum atomic E-state index is 11.7. The van der Waals surface area contributed by atoms with E-state index in [1.54, 1.807) is 31.0 Å². The van der Waals surface area contributed by atoms with E-state index in [1.807, 2.05) is 13.0 Å². The van der Waals surface area contributed by atoms with Crippen LogP contribution in [0.5, 0.6) is 11.5 Å². The second-order valence-electron chi connectivity index (χ2n) is 5.19. The van der Waals surface area contributed by atoms with Gasteiger partial charge in [0, 0.05) is 30.0 Å². The number of benzene rings is 1. The van der Waals surface area contributed by atoms with Gasteiger partial charge in [-0.25, -0.2) is 18.1 Å². The second kappa shape index (κ2) is 5.75. The van der Waals surface area contributed by atoms with Crippen molar-refractivity contribution in [2.75, 3.05) is 20.5 Å². The maximum Gasteiger partial charge on any atom is 0.248 e. The Morgan fingerprint density at radius 1 is 1.12 bits per heavy atom. The fraction of sp³-hybridized carbons (Fsp3) is 0.267. The Kier molecular flexibility index (Phi) is 3.88. The third-order valence-corrected chi connectivity index (χ3v) is 4.40. The Bertz CT molecular complexity index is 1030. The van der Waals surface area contributed by atoms with Crippen LogP contribution in [0.2, 0.25) is 0 Å². The van der Waals surface area contributed by atoms with Crippen LogP contribution >= 0.6 is 0 Å². The van der Waals surface area contributed by atoms with E-state index >= 15 is 0 Å². The van der Waals surface area contributed by atoms with Crippen molar-refractivity contribution in [2.24, 2.45) is 0 Å². The summed E-state index contributed by atoms with van der Waals surface area (Å²) in [6.07, 6.45) is 2.45. The molecule has 0 saturated heterocycles. The standard InChI is InChI=1S/C15H16N4O4S/c1-9-10-7-12(22-2)13(23-3)8-11(10)19(18-9)14-5-6-16-15(17-14)24(4,20)21/h5-8H,1-4H3. The van der Waals surface area contributed by atoms with Crippen molar-refractivity contribution in [3.8, 4) is 17.3 Å². The third-order valence-electron chi connectivity index (χ3n) is 3.54. The van der Waals surface area contributed by atoms with Gasteiger partial charge in [-0.1, -0.05) is 0 Å². The molecule has 0 aliphatic carbocycles. The van der Waals surface area contributed by atoms with Gasteiger partial charge in [0.2, 0.25) is 15.0 Å². The number of fused-ring (bicyclic) bond motifs is 1. The van der Waals surface area contributed by atoms with Crippen molar-refractivity contribution in [1.82, 2.24) is 19.7 Å². The summed E-state index contributed by atoms with van der Waals surface area (Å²) in [6.45, 7) is 1.85. The molecule has 2 heterocycles. The Morgan fingerprint density at radius 2 is 1.79 bits per heavy atom. The summed E-state index contributed by atoms with van der Waals surface area (Å²) in [5.74, 6) is 1.49. The van der Waals surface area contributed by atoms with Crippen molar-refractivity contribution in [2.45, 2.75) is 12.1 Å². The Labute approximate surface area is 139 Å². The van der Waals surface area contributed by atoms with Crippen molar-refractivity contribution >= 4 is 20.7 Å². The molecule has 0 radical (unpaired) electrons. The molecule has 0 atom stereocenters. The van der Waals surface area contributed by atoms with Gasteiger partial charge in [-0.3, -0.25) is 0 Å². The molecule has 24 heavy (non-hydrogen) atoms. The van der Waals surface area contributed by atoms with Crippen molar-refractivity contribution < 1.29 is 17.9 Å². The lowest BCUT2D eigenvalue weighted by atomic mass is 10.2. The van der Waals surface area contributed by atoms with E-state index < -0.39 is 9.84 Å². The van der Waals surface area contributed by atoms with Crippen LogP contribution in [-0.2, 0) is 9.84 Å². The molecule has 0 N–H and O–H groups in total. The molecule has 0 unspecified atom stereocenters. The molecule has 0 amide bonds. The highest BCUT2D eigenvalue weighted by molar-refractivity contribution is 7.90. The van der Waals surface area contributed by atoms with E-state index in [2.05, 4.69) is 15.1 Å². The number of rotatable bonds is 4. The quantitative estimate of drug-likeness (QED) is 0.660. The van der Waals surface area contributed by atoms with Gasteiger partial charge >= 0.3 is 0 Å². The molecule has 3 rings (SSSR count). The average molecular weight is 348 g/mol. The van der Waals surface area contributed by atoms with Crippen LogP contribution in [0.3, 0.4) is 0 Å². The molecule has 2 aromatic heterocycles. The number of aromatic nitrogens is 4. The lowest BCUT2D eigenvalue weighted by molar-refractivity contribution is 0.355. The number of aryl methyl sites for hydroxylation is 1. The van der Waals surface area contributed by atoms with E-state index in [0.29, 0.717) is 17.3 Å². The topological polar surface area (TPSA) is 96.2 Å². The number of hydrogen-bond acceptors (Lipinski definition) is 7. The number of ether oxygens (including phenoxy) is 2. The molecule has 0 aliphatic rings. The molecule has 1 aromatic carbocycles. The summed E-state index contributed by atoms with van der Waals surface area (Å²) in [6, 6.07) is 5.19. The van der Waals surface area contributed by atoms with Crippen LogP contribution < -0.4 is 9.47 Å². The van der Waals surface area contributed by atoms with Gasteiger partial charge in [0.05, 0.1) is 25.4 Å². The average Bonchev–Trinajstić information content (AvgIpc) is 2.89. The van der Waals surface area contributed by atoms with E-state index in [1.165, 1.54) is 6.20 Å². The van der Waals surface area contributed by atoms with Gasteiger partial charge in [0.25, 0.3) is 0 Å². The first-order chi connectivity index (χ1) is 11.3. The predicted octanol–water partition coefficient (Wildman–Crippen LogP) is 1.54. The zero-order valence-electron chi connectivity index (χ0n) is 13.6. The summed E-state index contributed by atoms with van der Waals surface area (Å²) >= 11 is 0. The van der Waals surface area contributed by atoms with Gasteiger partial charge < -0.3 is 9.47 Å². The fourth-order valence-corrected chi connectivity index (χ4v) is 2.91. The zero-order chi connectivity index (χ0) is 17.5. The molecular weight excluding hydrogens is 332 g/mol. The van der Waals surface area contributed by atoms with Crippen LogP contribution in [0.1, 0.15) is 5.69 Å². The summed E-state index contributed by atoms with van der Waals surface area (Å²) in [5, 5.41) is 5.06. The Morgan fingerprint density at radius 3 is 2.42 bits per heavy atom. The highest BCUT2D eigenvalue weighted by atomic mass is 32.2. The zero-order valence-corrected chi connectivity index (χ0v) is 14.5. The fourth-order valence-electron chi connectivity index (χ4n) is 2.39. The predicted molar refractivity (Wildman–Crippen MR) is 87.6 cm³/mol. The molecule has 8 nitrogen and oxygen atoms in total. The van der Waals surface area contributed by atoms with Crippen molar-refractivity contribution in [1.29, 1.82) is 0 Å². The van der Waals surface area contributed by atoms with Crippen molar-refractivity contribution in [3.05, 3.63) is 30.1 Å². The number of sulfone groups is 1. The Balaban J connectivity index is 2.28. The van der Waals surface area contributed by atoms with Crippen LogP contribution in [0.25, 0.3) is 16.7 Å². The molecule has 0 saturated carbocycles. The lowest BCUT2D eigenvalue weighted by Gasteiger charge is -2.09. The highest BCUT2D eigenvalue weighted by Crippen LogP contribution is 2.34. The summed E-state index contributed by atoms with van der Waals surface area (Å²) in [7, 11) is -0.404. The third kappa shape index (κ3) is 2.67. The minimum Gasteiger partial charge on any atom is -0.493 e. The molecule has 126 valence electrons. The summed E-state index contributed by atoms with van der Waals surface area (Å²) in [5.41, 5.74) is 1.48. The Hall–Kier alpha value is -2.68. The molecule has 0 fully saturated rings. The monoisotopic (exact) mass is 348 g/mol. The van der Waals surface area contributed by atoms with E-state index in [9.17, 15) is 8.42 Å². The SMILES string of the molecule is COc1cc2c(C)nn(-c3ccnc(S(C)(=O)=O)n3)c2cc1OC. The van der Waals surface area contributed by atoms with Crippen LogP contribution in [-0.4, -0.2) is 48.6 Å². The first kappa shape index (κ1) is 16.2. The minimum atomic E-state index is -3.51. The van der Waals surface area contributed by atoms with E-state index in [0.717, 1.165) is 22.9 Å². The van der Waals surface area contributed by atoms with Gasteiger partial charge in [-0.15, -0.1) is 0 Å². The molecular formula is C15H16N4O4S. The first-order valence-electron chi connectivity index (χ1n) is 7.00. The first-order valence-corrected chi connectivity index (χ1v) is 8.89. The van der Waals surface area contributed by atoms with Gasteiger partial charge in [0.1, 0.15) is 0 Å². The van der Waals surface area contributed by atoms with Crippen LogP contribution in [0.15, 0.2) is 29.6 Å². The molecule has 0 spiro atoms. The van der Waals surface area contributed by atoms with E-state index in [-0.39, 0.29) is 5.16 Å². The normalized spacial score (nSPS) is 11.7. The largest absolute Gasteiger partial charge is 0.493 e. The van der Waals surface area contributed by atoms with Gasteiger partial charge in [-0.2, -0.15) is 10.1 Å². The number of hydrogen-bond donors (Lipinski definition) is 0. The minimum absolute atomic E-state index is 0.248. The second-order valence-corrected chi connectivity index (χ2v) is 7.10. The summed E-state index contributed by atoms with van der Waals surface area (Å²) < 4.78 is 35.6. The number of methoxy groups -OCH3 is 2. The molecule has 0 aliphatic heterocycles. The molecule has 9 heteroatoms. The lowest BCUT2D eigenvalue weighted by Crippen LogP contribution is -2.08. The maximum absolute atomic E-state index is 11.7. The van der Waals surface area contributed by atoms with E-state index in [4.69, 9.17) is 9.47 Å². The molecule has 0 bridgehead atoms. The van der Waals surface area contributed by atoms with Crippen molar-refractivity contribution in [3.63, 3.8) is 0 Å². The highest BCUT2D eigenvalue weighted by Gasteiger charge is 2.17. The van der Waals surface area contributed by atoms with Crippen LogP contribution in [0.4, 0.5) is 0 Å². The molecule has 3 aromatic rings. The van der Waals surface area contributed by atoms with Crippen LogP contribution in [0, 0.1) is 6.92 Å².